The van der Waals surface area contributed by atoms with Gasteiger partial charge in [0, 0.05) is 31.8 Å². The van der Waals surface area contributed by atoms with Gasteiger partial charge in [-0.05, 0) is 62.7 Å². The van der Waals surface area contributed by atoms with Crippen molar-refractivity contribution in [2.45, 2.75) is 39.3 Å². The van der Waals surface area contributed by atoms with Crippen molar-refractivity contribution in [1.82, 2.24) is 29.5 Å². The van der Waals surface area contributed by atoms with Gasteiger partial charge in [0.1, 0.15) is 17.0 Å². The summed E-state index contributed by atoms with van der Waals surface area (Å²) in [6.07, 6.45) is 1.11. The highest BCUT2D eigenvalue weighted by atomic mass is 19.1. The van der Waals surface area contributed by atoms with Gasteiger partial charge in [-0.3, -0.25) is 14.7 Å². The molecule has 0 fully saturated rings. The van der Waals surface area contributed by atoms with E-state index in [9.17, 15) is 18.8 Å². The van der Waals surface area contributed by atoms with E-state index in [1.165, 1.54) is 30.5 Å². The number of carbonyl (C=O) groups excluding carboxylic acids is 1. The topological polar surface area (TPSA) is 146 Å². The van der Waals surface area contributed by atoms with Gasteiger partial charge in [0.2, 0.25) is 0 Å². The second-order valence-corrected chi connectivity index (χ2v) is 10.4. The Bertz CT molecular complexity index is 1950. The van der Waals surface area contributed by atoms with Gasteiger partial charge in [-0.1, -0.05) is 6.07 Å². The highest BCUT2D eigenvalue weighted by Gasteiger charge is 2.23. The Morgan fingerprint density at radius 3 is 2.48 bits per heavy atom. The number of ketones is 1. The summed E-state index contributed by atoms with van der Waals surface area (Å²) in [6.45, 7) is 5.66. The summed E-state index contributed by atoms with van der Waals surface area (Å²) in [5, 5.41) is 14.8. The number of nitrogens with one attached hydrogen (secondary N) is 2. The van der Waals surface area contributed by atoms with Crippen molar-refractivity contribution in [2.24, 2.45) is 0 Å². The molecule has 0 aliphatic rings. The quantitative estimate of drug-likeness (QED) is 0.212. The van der Waals surface area contributed by atoms with E-state index in [1.807, 2.05) is 6.92 Å². The summed E-state index contributed by atoms with van der Waals surface area (Å²) in [6, 6.07) is 9.67. The normalized spacial score (nSPS) is 12.1. The number of H-pyrrole nitrogens is 1. The number of aromatic nitrogens is 6. The fraction of sp³-hybridized carbons (Fsp3) is 0.267. The standard InChI is InChI=1S/C30H29F2N7O5/c1-16(2)39-30(42)38(20-8-6-19(31)7-9-20)29(41)26(37-39)22(40)14-18-5-10-23(21(32)13-18)44-24-11-12-33-27-25(24)28(36-35-27)34-17(3)15-43-4/h5-13,16-17H,14-15H2,1-4H3,(H2,33,34,35,36)/t17-/m1/s1. The predicted octanol–water partition coefficient (Wildman–Crippen LogP) is 4.19. The molecule has 228 valence electrons. The van der Waals surface area contributed by atoms with E-state index in [4.69, 9.17) is 9.47 Å². The van der Waals surface area contributed by atoms with Crippen LogP contribution < -0.4 is 21.3 Å². The number of rotatable bonds is 11. The first kappa shape index (κ1) is 30.2. The molecule has 0 saturated heterocycles. The van der Waals surface area contributed by atoms with Gasteiger partial charge in [0.15, 0.2) is 34.5 Å². The molecule has 12 nitrogen and oxygen atoms in total. The van der Waals surface area contributed by atoms with Gasteiger partial charge in [-0.15, -0.1) is 0 Å². The first-order valence-corrected chi connectivity index (χ1v) is 13.7. The summed E-state index contributed by atoms with van der Waals surface area (Å²) < 4.78 is 41.6. The Balaban J connectivity index is 1.42. The molecule has 0 amide bonds. The van der Waals surface area contributed by atoms with Gasteiger partial charge >= 0.3 is 5.69 Å². The molecule has 44 heavy (non-hydrogen) atoms. The zero-order valence-corrected chi connectivity index (χ0v) is 24.3. The molecule has 5 rings (SSSR count). The molecule has 0 aliphatic carbocycles. The molecule has 5 aromatic rings. The number of fused-ring (bicyclic) bond motifs is 1. The first-order valence-electron chi connectivity index (χ1n) is 13.7. The van der Waals surface area contributed by atoms with Crippen molar-refractivity contribution in [3.8, 4) is 17.2 Å². The molecule has 0 bridgehead atoms. The van der Waals surface area contributed by atoms with E-state index < -0.39 is 40.4 Å². The molecule has 0 radical (unpaired) electrons. The number of pyridine rings is 1. The number of hydrogen-bond acceptors (Lipinski definition) is 9. The van der Waals surface area contributed by atoms with Gasteiger partial charge < -0.3 is 14.8 Å². The van der Waals surface area contributed by atoms with Crippen molar-refractivity contribution in [2.75, 3.05) is 19.0 Å². The molecular formula is C30H29F2N7O5. The first-order chi connectivity index (χ1) is 21.1. The van der Waals surface area contributed by atoms with Crippen LogP contribution in [0.15, 0.2) is 64.3 Å². The number of halogens is 2. The van der Waals surface area contributed by atoms with Gasteiger partial charge in [-0.25, -0.2) is 27.8 Å². The lowest BCUT2D eigenvalue weighted by molar-refractivity contribution is 0.0982. The average Bonchev–Trinajstić information content (AvgIpc) is 3.38. The molecule has 3 heterocycles. The maximum absolute atomic E-state index is 15.3. The number of carbonyl (C=O) groups is 1. The minimum atomic E-state index is -0.963. The number of methoxy groups -OCH3 is 1. The van der Waals surface area contributed by atoms with E-state index in [-0.39, 0.29) is 29.5 Å². The smallest absolute Gasteiger partial charge is 0.352 e. The Labute approximate surface area is 249 Å². The van der Waals surface area contributed by atoms with Gasteiger partial charge in [-0.2, -0.15) is 10.2 Å². The van der Waals surface area contributed by atoms with Crippen LogP contribution >= 0.6 is 0 Å². The zero-order chi connectivity index (χ0) is 31.5. The van der Waals surface area contributed by atoms with E-state index >= 15 is 4.39 Å². The van der Waals surface area contributed by atoms with E-state index in [0.29, 0.717) is 29.2 Å². The molecule has 3 aromatic heterocycles. The molecule has 0 spiro atoms. The highest BCUT2D eigenvalue weighted by molar-refractivity contribution is 5.95. The van der Waals surface area contributed by atoms with E-state index in [1.54, 1.807) is 27.0 Å². The predicted molar refractivity (Wildman–Crippen MR) is 158 cm³/mol. The lowest BCUT2D eigenvalue weighted by atomic mass is 10.1. The second kappa shape index (κ2) is 12.6. The van der Waals surface area contributed by atoms with Crippen LogP contribution in [0.25, 0.3) is 16.7 Å². The molecular weight excluding hydrogens is 576 g/mol. The summed E-state index contributed by atoms with van der Waals surface area (Å²) >= 11 is 0. The molecule has 2 N–H and O–H groups in total. The number of nitrogens with zero attached hydrogens (tertiary/aromatic N) is 5. The van der Waals surface area contributed by atoms with Crippen LogP contribution in [0.1, 0.15) is 42.9 Å². The Morgan fingerprint density at radius 2 is 1.80 bits per heavy atom. The van der Waals surface area contributed by atoms with E-state index in [2.05, 4.69) is 25.6 Å². The second-order valence-electron chi connectivity index (χ2n) is 10.4. The van der Waals surface area contributed by atoms with Crippen LogP contribution in [0.3, 0.4) is 0 Å². The van der Waals surface area contributed by atoms with Gasteiger partial charge in [0.05, 0.1) is 18.3 Å². The molecule has 0 unspecified atom stereocenters. The maximum Gasteiger partial charge on any atom is 0.352 e. The van der Waals surface area contributed by atoms with Crippen LogP contribution in [0, 0.1) is 11.6 Å². The van der Waals surface area contributed by atoms with Crippen molar-refractivity contribution >= 4 is 22.6 Å². The summed E-state index contributed by atoms with van der Waals surface area (Å²) in [5.41, 5.74) is -1.50. The average molecular weight is 606 g/mol. The number of anilines is 1. The van der Waals surface area contributed by atoms with Gasteiger partial charge in [0.25, 0.3) is 5.56 Å². The molecule has 0 saturated carbocycles. The Hall–Kier alpha value is -5.24. The number of ether oxygens (including phenoxy) is 2. The summed E-state index contributed by atoms with van der Waals surface area (Å²) in [4.78, 5) is 43.8. The third-order valence-electron chi connectivity index (χ3n) is 6.64. The van der Waals surface area contributed by atoms with Crippen molar-refractivity contribution in [3.63, 3.8) is 0 Å². The fourth-order valence-electron chi connectivity index (χ4n) is 4.58. The van der Waals surface area contributed by atoms with E-state index in [0.717, 1.165) is 27.4 Å². The third-order valence-corrected chi connectivity index (χ3v) is 6.64. The maximum atomic E-state index is 15.3. The van der Waals surface area contributed by atoms with Crippen LogP contribution in [0.2, 0.25) is 0 Å². The fourth-order valence-corrected chi connectivity index (χ4v) is 4.58. The number of aromatic amines is 1. The Morgan fingerprint density at radius 1 is 1.05 bits per heavy atom. The number of Topliss-reactive ketones (excluding diaryl/α,β-unsaturated/α-hetero) is 1. The molecule has 2 aromatic carbocycles. The van der Waals surface area contributed by atoms with Crippen LogP contribution in [-0.2, 0) is 11.2 Å². The van der Waals surface area contributed by atoms with Crippen molar-refractivity contribution < 1.29 is 23.0 Å². The zero-order valence-electron chi connectivity index (χ0n) is 24.3. The van der Waals surface area contributed by atoms with Crippen LogP contribution in [0.5, 0.6) is 11.5 Å². The summed E-state index contributed by atoms with van der Waals surface area (Å²) in [7, 11) is 1.58. The highest BCUT2D eigenvalue weighted by Crippen LogP contribution is 2.34. The largest absolute Gasteiger partial charge is 0.453 e. The molecule has 0 aliphatic heterocycles. The lowest BCUT2D eigenvalue weighted by Gasteiger charge is -2.14. The SMILES string of the molecule is COC[C@@H](C)Nc1n[nH]c2nccc(Oc3ccc(CC(=O)c4nn(C(C)C)c(=O)n(-c5ccc(F)cc5)c4=O)cc3F)c12. The molecule has 14 heteroatoms. The Kier molecular flexibility index (Phi) is 8.62. The minimum Gasteiger partial charge on any atom is -0.453 e. The molecule has 1 atom stereocenters. The number of hydrogen-bond donors (Lipinski definition) is 2. The minimum absolute atomic E-state index is 0.0779. The third kappa shape index (κ3) is 6.10. The van der Waals surface area contributed by atoms with Crippen molar-refractivity contribution in [1.29, 1.82) is 0 Å². The summed E-state index contributed by atoms with van der Waals surface area (Å²) in [5.74, 6) is -1.41. The van der Waals surface area contributed by atoms with Crippen LogP contribution in [0.4, 0.5) is 14.6 Å². The number of benzene rings is 2. The van der Waals surface area contributed by atoms with Crippen LogP contribution in [-0.4, -0.2) is 55.1 Å². The van der Waals surface area contributed by atoms with Crippen molar-refractivity contribution in [3.05, 3.63) is 98.5 Å². The lowest BCUT2D eigenvalue weighted by Crippen LogP contribution is -2.44. The monoisotopic (exact) mass is 605 g/mol.